The Morgan fingerprint density at radius 2 is 1.88 bits per heavy atom. The quantitative estimate of drug-likeness (QED) is 0.341. The van der Waals surface area contributed by atoms with Gasteiger partial charge < -0.3 is 15.5 Å². The first kappa shape index (κ1) is 21.7. The summed E-state index contributed by atoms with van der Waals surface area (Å²) in [7, 11) is 0. The number of amides is 1. The largest absolute Gasteiger partial charge is 0.357 e. The Hall–Kier alpha value is -0.610. The highest BCUT2D eigenvalue weighted by Gasteiger charge is 2.32. The molecule has 26 heavy (non-hydrogen) atoms. The number of guanidine groups is 1. The molecule has 8 heteroatoms. The number of piperazine rings is 3. The van der Waals surface area contributed by atoms with Crippen molar-refractivity contribution in [1.29, 1.82) is 0 Å². The summed E-state index contributed by atoms with van der Waals surface area (Å²) in [6, 6.07) is 0.841. The Kier molecular flexibility index (Phi) is 8.41. The Labute approximate surface area is 175 Å². The predicted molar refractivity (Wildman–Crippen MR) is 116 cm³/mol. The van der Waals surface area contributed by atoms with Crippen molar-refractivity contribution in [1.82, 2.24) is 25.3 Å². The van der Waals surface area contributed by atoms with Crippen LogP contribution in [0.5, 0.6) is 0 Å². The maximum Gasteiger partial charge on any atom is 0.225 e. The molecule has 4 rings (SSSR count). The third kappa shape index (κ3) is 5.45. The monoisotopic (exact) mass is 478 g/mol. The van der Waals surface area contributed by atoms with Crippen molar-refractivity contribution in [2.45, 2.75) is 39.3 Å². The average molecular weight is 478 g/mol. The highest BCUT2D eigenvalue weighted by atomic mass is 127. The SMILES string of the molecule is CCNC(=NCC1CN2CCN1CC2)NC1CCN(C(=O)C(C)C)C1.I. The lowest BCUT2D eigenvalue weighted by molar-refractivity contribution is -0.133. The van der Waals surface area contributed by atoms with Gasteiger partial charge in [0.15, 0.2) is 5.96 Å². The second kappa shape index (κ2) is 10.1. The standard InChI is InChI=1S/C18H34N6O.HI/c1-4-19-18(20-11-16-13-22-7-9-23(16)10-8-22)21-15-5-6-24(12-15)17(25)14(2)3;/h14-16H,4-13H2,1-3H3,(H2,19,20,21);1H. The van der Waals surface area contributed by atoms with Crippen LogP contribution in [-0.4, -0.2) is 97.6 Å². The van der Waals surface area contributed by atoms with E-state index in [-0.39, 0.29) is 35.8 Å². The fourth-order valence-electron chi connectivity index (χ4n) is 4.05. The number of nitrogens with one attached hydrogen (secondary N) is 2. The molecule has 4 saturated heterocycles. The molecule has 1 amide bonds. The van der Waals surface area contributed by atoms with E-state index in [4.69, 9.17) is 4.99 Å². The molecule has 150 valence electrons. The highest BCUT2D eigenvalue weighted by Crippen LogP contribution is 2.16. The maximum absolute atomic E-state index is 12.1. The van der Waals surface area contributed by atoms with Gasteiger partial charge in [-0.1, -0.05) is 13.8 Å². The topological polar surface area (TPSA) is 63.2 Å². The van der Waals surface area contributed by atoms with E-state index < -0.39 is 0 Å². The predicted octanol–water partition coefficient (Wildman–Crippen LogP) is 0.416. The van der Waals surface area contributed by atoms with Crippen LogP contribution >= 0.6 is 24.0 Å². The molecule has 0 radical (unpaired) electrons. The molecule has 2 bridgehead atoms. The van der Waals surface area contributed by atoms with Crippen LogP contribution in [0.3, 0.4) is 0 Å². The van der Waals surface area contributed by atoms with Gasteiger partial charge in [-0.15, -0.1) is 24.0 Å². The van der Waals surface area contributed by atoms with Gasteiger partial charge >= 0.3 is 0 Å². The van der Waals surface area contributed by atoms with E-state index in [9.17, 15) is 4.79 Å². The first-order chi connectivity index (χ1) is 12.1. The summed E-state index contributed by atoms with van der Waals surface area (Å²) in [5, 5.41) is 6.90. The maximum atomic E-state index is 12.1. The molecule has 4 aliphatic heterocycles. The fourth-order valence-corrected chi connectivity index (χ4v) is 4.05. The lowest BCUT2D eigenvalue weighted by Crippen LogP contribution is -2.62. The van der Waals surface area contributed by atoms with Gasteiger partial charge in [-0.05, 0) is 13.3 Å². The molecule has 0 aliphatic carbocycles. The molecule has 7 nitrogen and oxygen atoms in total. The summed E-state index contributed by atoms with van der Waals surface area (Å²) in [6.45, 7) is 15.3. The molecule has 0 aromatic heterocycles. The molecule has 4 fully saturated rings. The number of carbonyl (C=O) groups is 1. The minimum Gasteiger partial charge on any atom is -0.357 e. The molecular formula is C18H35IN6O. The Bertz CT molecular complexity index is 492. The summed E-state index contributed by atoms with van der Waals surface area (Å²) >= 11 is 0. The number of nitrogens with zero attached hydrogens (tertiary/aromatic N) is 4. The van der Waals surface area contributed by atoms with E-state index in [1.807, 2.05) is 18.7 Å². The first-order valence-electron chi connectivity index (χ1n) is 9.87. The molecular weight excluding hydrogens is 443 g/mol. The normalized spacial score (nSPS) is 31.1. The Balaban J connectivity index is 0.00000243. The lowest BCUT2D eigenvalue weighted by Gasteiger charge is -2.47. The van der Waals surface area contributed by atoms with Crippen LogP contribution < -0.4 is 10.6 Å². The van der Waals surface area contributed by atoms with Crippen LogP contribution in [-0.2, 0) is 4.79 Å². The van der Waals surface area contributed by atoms with Crippen molar-refractivity contribution in [2.24, 2.45) is 10.9 Å². The lowest BCUT2D eigenvalue weighted by atomic mass is 10.1. The van der Waals surface area contributed by atoms with Gasteiger partial charge in [0.05, 0.1) is 6.54 Å². The zero-order chi connectivity index (χ0) is 17.8. The van der Waals surface area contributed by atoms with Crippen molar-refractivity contribution in [3.05, 3.63) is 0 Å². The van der Waals surface area contributed by atoms with E-state index in [0.29, 0.717) is 12.1 Å². The number of aliphatic imine (C=N–C) groups is 1. The van der Waals surface area contributed by atoms with Crippen LogP contribution in [0.4, 0.5) is 0 Å². The third-order valence-electron chi connectivity index (χ3n) is 5.53. The summed E-state index contributed by atoms with van der Waals surface area (Å²) in [4.78, 5) is 24.1. The molecule has 0 aromatic rings. The molecule has 2 unspecified atom stereocenters. The van der Waals surface area contributed by atoms with Gasteiger partial charge in [0.2, 0.25) is 5.91 Å². The minimum atomic E-state index is 0. The summed E-state index contributed by atoms with van der Waals surface area (Å²) in [6.07, 6.45) is 0.992. The third-order valence-corrected chi connectivity index (χ3v) is 5.53. The van der Waals surface area contributed by atoms with E-state index in [2.05, 4.69) is 27.4 Å². The van der Waals surface area contributed by atoms with E-state index >= 15 is 0 Å². The number of fused-ring (bicyclic) bond motifs is 3. The Morgan fingerprint density at radius 3 is 2.46 bits per heavy atom. The molecule has 2 N–H and O–H groups in total. The van der Waals surface area contributed by atoms with Crippen molar-refractivity contribution in [3.8, 4) is 0 Å². The van der Waals surface area contributed by atoms with E-state index in [1.54, 1.807) is 0 Å². The molecule has 4 heterocycles. The first-order valence-corrected chi connectivity index (χ1v) is 9.87. The van der Waals surface area contributed by atoms with Crippen LogP contribution in [0.15, 0.2) is 4.99 Å². The summed E-state index contributed by atoms with van der Waals surface area (Å²) in [5.41, 5.74) is 0. The Morgan fingerprint density at radius 1 is 1.15 bits per heavy atom. The number of rotatable bonds is 5. The van der Waals surface area contributed by atoms with Crippen molar-refractivity contribution in [3.63, 3.8) is 0 Å². The van der Waals surface area contributed by atoms with Gasteiger partial charge in [0, 0.05) is 70.4 Å². The number of carbonyl (C=O) groups excluding carboxylic acids is 1. The minimum absolute atomic E-state index is 0. The number of likely N-dealkylation sites (tertiary alicyclic amines) is 1. The van der Waals surface area contributed by atoms with E-state index in [0.717, 1.165) is 45.1 Å². The molecule has 4 aliphatic rings. The van der Waals surface area contributed by atoms with Crippen molar-refractivity contribution >= 4 is 35.8 Å². The smallest absolute Gasteiger partial charge is 0.225 e. The fraction of sp³-hybridized carbons (Fsp3) is 0.889. The number of halogens is 1. The van der Waals surface area contributed by atoms with Gasteiger partial charge in [-0.3, -0.25) is 19.6 Å². The van der Waals surface area contributed by atoms with Gasteiger partial charge in [-0.2, -0.15) is 0 Å². The summed E-state index contributed by atoms with van der Waals surface area (Å²) < 4.78 is 0. The van der Waals surface area contributed by atoms with Gasteiger partial charge in [-0.25, -0.2) is 0 Å². The molecule has 0 spiro atoms. The molecule has 0 saturated carbocycles. The van der Waals surface area contributed by atoms with Crippen LogP contribution in [0.2, 0.25) is 0 Å². The van der Waals surface area contributed by atoms with Crippen LogP contribution in [0.1, 0.15) is 27.2 Å². The zero-order valence-electron chi connectivity index (χ0n) is 16.4. The molecule has 0 aromatic carbocycles. The second-order valence-electron chi connectivity index (χ2n) is 7.78. The number of hydrogen-bond acceptors (Lipinski definition) is 4. The van der Waals surface area contributed by atoms with Crippen LogP contribution in [0.25, 0.3) is 0 Å². The van der Waals surface area contributed by atoms with E-state index in [1.165, 1.54) is 26.2 Å². The van der Waals surface area contributed by atoms with Gasteiger partial charge in [0.1, 0.15) is 0 Å². The average Bonchev–Trinajstić information content (AvgIpc) is 3.08. The van der Waals surface area contributed by atoms with Crippen molar-refractivity contribution in [2.75, 3.05) is 58.9 Å². The zero-order valence-corrected chi connectivity index (χ0v) is 18.7. The second-order valence-corrected chi connectivity index (χ2v) is 7.78. The highest BCUT2D eigenvalue weighted by molar-refractivity contribution is 14.0. The van der Waals surface area contributed by atoms with Gasteiger partial charge in [0.25, 0.3) is 0 Å². The van der Waals surface area contributed by atoms with Crippen molar-refractivity contribution < 1.29 is 4.79 Å². The van der Waals surface area contributed by atoms with Crippen LogP contribution in [0, 0.1) is 5.92 Å². The molecule has 2 atom stereocenters. The summed E-state index contributed by atoms with van der Waals surface area (Å²) in [5.74, 6) is 1.22. The number of hydrogen-bond donors (Lipinski definition) is 2.